The molecule has 0 aliphatic carbocycles. The number of aromatic nitrogens is 2. The van der Waals surface area contributed by atoms with Gasteiger partial charge in [0.15, 0.2) is 0 Å². The lowest BCUT2D eigenvalue weighted by Crippen LogP contribution is -2.48. The number of carbonyl (C=O) groups is 1. The zero-order chi connectivity index (χ0) is 15.4. The van der Waals surface area contributed by atoms with E-state index in [4.69, 9.17) is 0 Å². The van der Waals surface area contributed by atoms with E-state index in [1.54, 1.807) is 6.33 Å². The summed E-state index contributed by atoms with van der Waals surface area (Å²) in [6.45, 7) is 7.38. The SMILES string of the molecule is CCC(=O)N1CCN(c2cc(N3CCCCC3)ncn2)CC1. The highest BCUT2D eigenvalue weighted by Crippen LogP contribution is 2.22. The summed E-state index contributed by atoms with van der Waals surface area (Å²) in [5.74, 6) is 2.27. The van der Waals surface area contributed by atoms with E-state index >= 15 is 0 Å². The molecule has 2 aliphatic heterocycles. The second-order valence-electron chi connectivity index (χ2n) is 6.00. The largest absolute Gasteiger partial charge is 0.356 e. The molecule has 1 aromatic rings. The molecule has 22 heavy (non-hydrogen) atoms. The van der Waals surface area contributed by atoms with Gasteiger partial charge in [0.2, 0.25) is 5.91 Å². The van der Waals surface area contributed by atoms with Crippen LogP contribution < -0.4 is 9.80 Å². The first-order valence-electron chi connectivity index (χ1n) is 8.37. The molecule has 2 fully saturated rings. The van der Waals surface area contributed by atoms with Crippen molar-refractivity contribution in [2.24, 2.45) is 0 Å². The summed E-state index contributed by atoms with van der Waals surface area (Å²) in [5.41, 5.74) is 0. The van der Waals surface area contributed by atoms with Gasteiger partial charge >= 0.3 is 0 Å². The maximum absolute atomic E-state index is 11.7. The maximum Gasteiger partial charge on any atom is 0.222 e. The minimum atomic E-state index is 0.247. The Kier molecular flexibility index (Phi) is 4.75. The number of anilines is 2. The Bertz CT molecular complexity index is 507. The molecule has 2 aliphatic rings. The highest BCUT2D eigenvalue weighted by Gasteiger charge is 2.21. The van der Waals surface area contributed by atoms with Crippen molar-refractivity contribution >= 4 is 17.5 Å². The van der Waals surface area contributed by atoms with Crippen LogP contribution in [0.5, 0.6) is 0 Å². The van der Waals surface area contributed by atoms with E-state index in [0.29, 0.717) is 6.42 Å². The number of carbonyl (C=O) groups excluding carboxylic acids is 1. The molecule has 0 aromatic carbocycles. The first-order chi connectivity index (χ1) is 10.8. The molecule has 0 bridgehead atoms. The van der Waals surface area contributed by atoms with Gasteiger partial charge in [-0.15, -0.1) is 0 Å². The van der Waals surface area contributed by atoms with Crippen LogP contribution in [0, 0.1) is 0 Å². The third-order valence-corrected chi connectivity index (χ3v) is 4.58. The zero-order valence-electron chi connectivity index (χ0n) is 13.4. The summed E-state index contributed by atoms with van der Waals surface area (Å²) in [4.78, 5) is 27.2. The molecule has 2 saturated heterocycles. The molecule has 3 heterocycles. The van der Waals surface area contributed by atoms with Crippen molar-refractivity contribution < 1.29 is 4.79 Å². The fourth-order valence-corrected chi connectivity index (χ4v) is 3.21. The first-order valence-corrected chi connectivity index (χ1v) is 8.37. The molecule has 3 rings (SSSR count). The van der Waals surface area contributed by atoms with Crippen LogP contribution in [0.15, 0.2) is 12.4 Å². The lowest BCUT2D eigenvalue weighted by atomic mass is 10.1. The second kappa shape index (κ2) is 6.94. The molecule has 0 atom stereocenters. The molecule has 0 N–H and O–H groups in total. The molecule has 0 spiro atoms. The smallest absolute Gasteiger partial charge is 0.222 e. The minimum absolute atomic E-state index is 0.247. The van der Waals surface area contributed by atoms with Crippen LogP contribution >= 0.6 is 0 Å². The number of hydrogen-bond donors (Lipinski definition) is 0. The van der Waals surface area contributed by atoms with E-state index in [1.807, 2.05) is 11.8 Å². The van der Waals surface area contributed by atoms with Crippen molar-refractivity contribution in [1.29, 1.82) is 0 Å². The molecule has 6 nitrogen and oxygen atoms in total. The van der Waals surface area contributed by atoms with Gasteiger partial charge in [0.05, 0.1) is 0 Å². The molecule has 1 aromatic heterocycles. The van der Waals surface area contributed by atoms with Crippen LogP contribution in [-0.4, -0.2) is 60.0 Å². The summed E-state index contributed by atoms with van der Waals surface area (Å²) in [6, 6.07) is 2.10. The lowest BCUT2D eigenvalue weighted by Gasteiger charge is -2.36. The first kappa shape index (κ1) is 15.1. The average Bonchev–Trinajstić information content (AvgIpc) is 2.62. The number of piperazine rings is 1. The van der Waals surface area contributed by atoms with E-state index in [1.165, 1.54) is 19.3 Å². The Morgan fingerprint density at radius 1 is 0.955 bits per heavy atom. The van der Waals surface area contributed by atoms with Crippen LogP contribution in [0.2, 0.25) is 0 Å². The van der Waals surface area contributed by atoms with Gasteiger partial charge in [0.25, 0.3) is 0 Å². The van der Waals surface area contributed by atoms with Crippen molar-refractivity contribution in [3.05, 3.63) is 12.4 Å². The molecule has 120 valence electrons. The quantitative estimate of drug-likeness (QED) is 0.847. The molecule has 0 unspecified atom stereocenters. The summed E-state index contributed by atoms with van der Waals surface area (Å²) >= 11 is 0. The third-order valence-electron chi connectivity index (χ3n) is 4.58. The second-order valence-corrected chi connectivity index (χ2v) is 6.00. The number of amides is 1. The molecule has 6 heteroatoms. The molecule has 0 saturated carbocycles. The fourth-order valence-electron chi connectivity index (χ4n) is 3.21. The van der Waals surface area contributed by atoms with Gasteiger partial charge in [0.1, 0.15) is 18.0 Å². The third kappa shape index (κ3) is 3.31. The topological polar surface area (TPSA) is 52.6 Å². The van der Waals surface area contributed by atoms with Gasteiger partial charge in [-0.1, -0.05) is 6.92 Å². The van der Waals surface area contributed by atoms with E-state index in [-0.39, 0.29) is 5.91 Å². The summed E-state index contributed by atoms with van der Waals surface area (Å²) < 4.78 is 0. The molecular formula is C16H25N5O. The molecule has 0 radical (unpaired) electrons. The maximum atomic E-state index is 11.7. The Hall–Kier alpha value is -1.85. The summed E-state index contributed by atoms with van der Waals surface area (Å²) in [5, 5.41) is 0. The van der Waals surface area contributed by atoms with Crippen molar-refractivity contribution in [2.45, 2.75) is 32.6 Å². The van der Waals surface area contributed by atoms with Gasteiger partial charge in [-0.2, -0.15) is 0 Å². The number of rotatable bonds is 3. The number of hydrogen-bond acceptors (Lipinski definition) is 5. The van der Waals surface area contributed by atoms with Gasteiger partial charge in [-0.25, -0.2) is 9.97 Å². The zero-order valence-corrected chi connectivity index (χ0v) is 13.4. The Balaban J connectivity index is 1.64. The van der Waals surface area contributed by atoms with Crippen LogP contribution in [0.3, 0.4) is 0 Å². The van der Waals surface area contributed by atoms with Crippen LogP contribution in [0.25, 0.3) is 0 Å². The van der Waals surface area contributed by atoms with Gasteiger partial charge < -0.3 is 14.7 Å². The summed E-state index contributed by atoms with van der Waals surface area (Å²) in [6.07, 6.45) is 6.07. The number of nitrogens with zero attached hydrogens (tertiary/aromatic N) is 5. The normalized spacial score (nSPS) is 19.4. The van der Waals surface area contributed by atoms with Gasteiger partial charge in [-0.3, -0.25) is 4.79 Å². The van der Waals surface area contributed by atoms with Gasteiger partial charge in [-0.05, 0) is 19.3 Å². The van der Waals surface area contributed by atoms with Crippen molar-refractivity contribution in [1.82, 2.24) is 14.9 Å². The predicted molar refractivity (Wildman–Crippen MR) is 87.2 cm³/mol. The lowest BCUT2D eigenvalue weighted by molar-refractivity contribution is -0.131. The Morgan fingerprint density at radius 2 is 1.55 bits per heavy atom. The predicted octanol–water partition coefficient (Wildman–Crippen LogP) is 1.53. The highest BCUT2D eigenvalue weighted by atomic mass is 16.2. The van der Waals surface area contributed by atoms with Crippen LogP contribution in [0.4, 0.5) is 11.6 Å². The van der Waals surface area contributed by atoms with Crippen molar-refractivity contribution in [3.63, 3.8) is 0 Å². The number of piperidine rings is 1. The molecular weight excluding hydrogens is 278 g/mol. The fraction of sp³-hybridized carbons (Fsp3) is 0.688. The van der Waals surface area contributed by atoms with Crippen molar-refractivity contribution in [3.8, 4) is 0 Å². The Morgan fingerprint density at radius 3 is 2.14 bits per heavy atom. The van der Waals surface area contributed by atoms with E-state index in [2.05, 4.69) is 25.8 Å². The molecule has 1 amide bonds. The van der Waals surface area contributed by atoms with Crippen LogP contribution in [0.1, 0.15) is 32.6 Å². The average molecular weight is 303 g/mol. The van der Waals surface area contributed by atoms with Gasteiger partial charge in [0, 0.05) is 51.8 Å². The summed E-state index contributed by atoms with van der Waals surface area (Å²) in [7, 11) is 0. The Labute approximate surface area is 132 Å². The van der Waals surface area contributed by atoms with E-state index in [0.717, 1.165) is 50.9 Å². The van der Waals surface area contributed by atoms with Crippen LogP contribution in [-0.2, 0) is 4.79 Å². The van der Waals surface area contributed by atoms with E-state index in [9.17, 15) is 4.79 Å². The monoisotopic (exact) mass is 303 g/mol. The standard InChI is InChI=1S/C16H25N5O/c1-2-16(22)21-10-8-20(9-11-21)15-12-14(17-13-18-15)19-6-4-3-5-7-19/h12-13H,2-11H2,1H3. The van der Waals surface area contributed by atoms with E-state index < -0.39 is 0 Å². The van der Waals surface area contributed by atoms with Crippen molar-refractivity contribution in [2.75, 3.05) is 49.1 Å². The minimum Gasteiger partial charge on any atom is -0.356 e. The highest BCUT2D eigenvalue weighted by molar-refractivity contribution is 5.76.